The highest BCUT2D eigenvalue weighted by atomic mass is 15.2. The Hall–Kier alpha value is -20.5. The summed E-state index contributed by atoms with van der Waals surface area (Å²) < 4.78 is 2.38. The zero-order valence-electron chi connectivity index (χ0n) is 79.0. The van der Waals surface area contributed by atoms with E-state index in [1.807, 2.05) is 0 Å². The third-order valence-electron chi connectivity index (χ3n) is 28.8. The lowest BCUT2D eigenvalue weighted by Gasteiger charge is -2.36. The maximum atomic E-state index is 9.29. The fourth-order valence-electron chi connectivity index (χ4n) is 22.3. The number of anilines is 6. The van der Waals surface area contributed by atoms with Gasteiger partial charge >= 0.3 is 0 Å². The lowest BCUT2D eigenvalue weighted by molar-refractivity contribution is 0.660. The molecule has 0 radical (unpaired) electrons. The molecular weight excluding hydrogens is 1780 g/mol. The van der Waals surface area contributed by atoms with Crippen LogP contribution >= 0.6 is 0 Å². The van der Waals surface area contributed by atoms with Gasteiger partial charge in [0.1, 0.15) is 69.5 Å². The summed E-state index contributed by atoms with van der Waals surface area (Å²) in [5.74, 6) is 0. The van der Waals surface area contributed by atoms with Crippen LogP contribution in [0.1, 0.15) is 104 Å². The van der Waals surface area contributed by atoms with Crippen molar-refractivity contribution in [2.24, 2.45) is 0 Å². The summed E-state index contributed by atoms with van der Waals surface area (Å²) in [4.78, 5) is 29.6. The van der Waals surface area contributed by atoms with Crippen molar-refractivity contribution in [3.05, 3.63) is 545 Å². The molecule has 4 aromatic heterocycles. The summed E-state index contributed by atoms with van der Waals surface area (Å²) in [5.41, 5.74) is 35.0. The average molecular weight is 1870 g/mol. The van der Waals surface area contributed by atoms with Gasteiger partial charge in [0.25, 0.3) is 0 Å². The first-order valence-electron chi connectivity index (χ1n) is 48.1. The molecule has 0 saturated carbocycles. The fraction of sp³-hybridized carbons (Fsp3) is 0.0382. The molecule has 0 spiro atoms. The molecule has 3 aliphatic carbocycles. The molecule has 0 atom stereocenters. The number of fused-ring (bicyclic) bond motifs is 18. The normalized spacial score (nSPS) is 12.6. The van der Waals surface area contributed by atoms with Crippen LogP contribution in [0.25, 0.3) is 127 Å². The largest absolute Gasteiger partial charge is 0.311 e. The van der Waals surface area contributed by atoms with Gasteiger partial charge < -0.3 is 14.4 Å². The Bertz CT molecular complexity index is 8710. The Morgan fingerprint density at radius 1 is 0.205 bits per heavy atom. The van der Waals surface area contributed by atoms with Gasteiger partial charge in [0.15, 0.2) is 34.2 Å². The maximum Gasteiger partial charge on any atom is 0.177 e. The molecule has 23 aromatic rings. The first kappa shape index (κ1) is 88.2. The zero-order chi connectivity index (χ0) is 98.7. The summed E-state index contributed by atoms with van der Waals surface area (Å²) in [5, 5.41) is 58.3. The van der Waals surface area contributed by atoms with Gasteiger partial charge in [-0.3, -0.25) is 0 Å². The number of nitrogens with zero attached hydrogens (tertiary/aromatic N) is 15. The van der Waals surface area contributed by atoms with Gasteiger partial charge in [-0.1, -0.05) is 372 Å². The van der Waals surface area contributed by atoms with Crippen molar-refractivity contribution in [3.8, 4) is 109 Å². The number of rotatable bonds is 14. The molecule has 0 aliphatic heterocycles. The van der Waals surface area contributed by atoms with Crippen LogP contribution in [0.4, 0.5) is 34.1 Å². The molecule has 0 saturated heterocycles. The van der Waals surface area contributed by atoms with E-state index < -0.39 is 10.8 Å². The van der Waals surface area contributed by atoms with Crippen molar-refractivity contribution in [3.63, 3.8) is 0 Å². The van der Waals surface area contributed by atoms with E-state index in [1.165, 1.54) is 144 Å². The van der Waals surface area contributed by atoms with Crippen LogP contribution in [0.15, 0.2) is 455 Å². The van der Waals surface area contributed by atoms with Crippen LogP contribution in [-0.4, -0.2) is 34.5 Å². The van der Waals surface area contributed by atoms with E-state index in [-0.39, 0.29) is 72.7 Å². The molecule has 0 fully saturated rings. The molecule has 0 unspecified atom stereocenters. The van der Waals surface area contributed by atoms with E-state index in [2.05, 4.69) is 513 Å². The summed E-state index contributed by atoms with van der Waals surface area (Å²) in [6.07, 6.45) is 0. The van der Waals surface area contributed by atoms with E-state index in [0.29, 0.717) is 0 Å². The number of aromatic nitrogens is 7. The summed E-state index contributed by atoms with van der Waals surface area (Å²) >= 11 is 0. The second kappa shape index (κ2) is 36.4. The Morgan fingerprint density at radius 2 is 0.452 bits per heavy atom. The Morgan fingerprint density at radius 3 is 0.795 bits per heavy atom. The van der Waals surface area contributed by atoms with Gasteiger partial charge in [-0.2, -0.15) is 31.6 Å². The zero-order valence-corrected chi connectivity index (χ0v) is 79.0. The van der Waals surface area contributed by atoms with Gasteiger partial charge in [0, 0.05) is 56.0 Å². The molecule has 15 heteroatoms. The Balaban J connectivity index is 0.000000126. The van der Waals surface area contributed by atoms with Gasteiger partial charge in [-0.15, -0.1) is 0 Å². The standard InChI is InChI=1S/C65H47N.C48H34N2.C18N12/c1-63(2)57-32-18-15-29-51(57)54-38-35-48(41-60(54)63)66(49-36-39-55-52-30-16-19-33-58(52)64(61(55)42-49,44-21-7-3-8-22-44)45-23-9-4-10-24-45)50-37-40-56-53-31-17-20-34-59(53)65(62(56)43-50,46-25-11-5-12-26-46)47-27-13-6-14-28-47;1-3-12-35(13-4-1)37-22-28-41(29-23-37)49(42-30-24-38(25-31-42)36-14-5-2-6-15-36)43-32-26-39(27-33-43)40-16-11-17-44(34-40)50-47-20-9-7-18-45(47)46-19-8-10-21-48(46)50;19-1-7-8(2-20)26-14-13(25-7)15-17(29-10(4-22)9(3-21)27-15)18-16(14)28-11(5-23)12(6-24)30-18/h3-43H,1-2H3;1-34H;. The highest BCUT2D eigenvalue weighted by Gasteiger charge is 2.49. The lowest BCUT2D eigenvalue weighted by Crippen LogP contribution is -2.29. The molecule has 19 aromatic carbocycles. The third kappa shape index (κ3) is 14.5. The van der Waals surface area contributed by atoms with Crippen LogP contribution in [0.2, 0.25) is 0 Å². The number of hydrogen-bond donors (Lipinski definition) is 0. The van der Waals surface area contributed by atoms with Crippen molar-refractivity contribution in [2.45, 2.75) is 30.1 Å². The van der Waals surface area contributed by atoms with Crippen LogP contribution in [-0.2, 0) is 16.2 Å². The first-order chi connectivity index (χ1) is 71.9. The van der Waals surface area contributed by atoms with E-state index in [9.17, 15) is 31.6 Å². The predicted molar refractivity (Wildman–Crippen MR) is 579 cm³/mol. The fourth-order valence-corrected chi connectivity index (χ4v) is 22.3. The molecule has 680 valence electrons. The molecule has 0 bridgehead atoms. The molecule has 4 heterocycles. The van der Waals surface area contributed by atoms with Gasteiger partial charge in [0.05, 0.1) is 21.9 Å². The molecule has 15 nitrogen and oxygen atoms in total. The highest BCUT2D eigenvalue weighted by molar-refractivity contribution is 6.18. The van der Waals surface area contributed by atoms with Crippen LogP contribution < -0.4 is 9.80 Å². The molecule has 26 rings (SSSR count). The second-order valence-electron chi connectivity index (χ2n) is 36.9. The van der Waals surface area contributed by atoms with Crippen molar-refractivity contribution in [2.75, 3.05) is 9.80 Å². The molecule has 3 aliphatic rings. The lowest BCUT2D eigenvalue weighted by atomic mass is 9.67. The van der Waals surface area contributed by atoms with Gasteiger partial charge in [-0.05, 0) is 219 Å². The SMILES string of the molecule is CC1(C)c2ccccc2-c2ccc(N(c3ccc4c(c3)C(c3ccccc3)(c3ccccc3)c3ccccc3-4)c3ccc4c(c3)C(c3ccccc3)(c3ccccc3)c3ccccc3-4)cc21.N#Cc1nc2c3nc(C#N)c(C#N)nc3c3nc(C#N)c(C#N)nc3c2nc1C#N.c1ccc(-c2ccc(N(c3ccc(-c4ccccc4)cc3)c3ccc(-c4cccc(-n5c6ccccc6c6ccccc65)c4)cc3)cc2)cc1. The van der Waals surface area contributed by atoms with Crippen LogP contribution in [0, 0.1) is 68.0 Å². The summed E-state index contributed by atoms with van der Waals surface area (Å²) in [6.45, 7) is 4.76. The van der Waals surface area contributed by atoms with Crippen molar-refractivity contribution < 1.29 is 0 Å². The smallest absolute Gasteiger partial charge is 0.177 e. The number of para-hydroxylation sites is 2. The van der Waals surface area contributed by atoms with E-state index in [1.54, 1.807) is 36.4 Å². The number of benzene rings is 19. The topological polar surface area (TPSA) is 231 Å². The Labute approximate surface area is 842 Å². The second-order valence-corrected chi connectivity index (χ2v) is 36.9. The first-order valence-corrected chi connectivity index (χ1v) is 48.1. The van der Waals surface area contributed by atoms with Gasteiger partial charge in [0.2, 0.25) is 0 Å². The minimum Gasteiger partial charge on any atom is -0.311 e. The van der Waals surface area contributed by atoms with Crippen molar-refractivity contribution >= 4 is 89.0 Å². The Kier molecular flexibility index (Phi) is 22.0. The molecule has 146 heavy (non-hydrogen) atoms. The number of nitriles is 6. The minimum atomic E-state index is -0.535. The van der Waals surface area contributed by atoms with E-state index in [0.717, 1.165) is 39.8 Å². The quantitative estimate of drug-likeness (QED) is 0.0922. The third-order valence-corrected chi connectivity index (χ3v) is 28.8. The van der Waals surface area contributed by atoms with E-state index >= 15 is 0 Å². The van der Waals surface area contributed by atoms with Crippen LogP contribution in [0.3, 0.4) is 0 Å². The molecular formula is C131H81N15. The van der Waals surface area contributed by atoms with Gasteiger partial charge in [-0.25, -0.2) is 29.9 Å². The average Bonchev–Trinajstić information content (AvgIpc) is 1.55. The van der Waals surface area contributed by atoms with Crippen molar-refractivity contribution in [1.29, 1.82) is 31.6 Å². The molecule has 0 N–H and O–H groups in total. The predicted octanol–water partition coefficient (Wildman–Crippen LogP) is 30.2. The summed E-state index contributed by atoms with van der Waals surface area (Å²) in [7, 11) is 0. The van der Waals surface area contributed by atoms with Crippen molar-refractivity contribution in [1.82, 2.24) is 34.5 Å². The minimum absolute atomic E-state index is 0.0237. The van der Waals surface area contributed by atoms with Crippen LogP contribution in [0.5, 0.6) is 0 Å². The highest BCUT2D eigenvalue weighted by Crippen LogP contribution is 2.61. The maximum absolute atomic E-state index is 9.29. The van der Waals surface area contributed by atoms with E-state index in [4.69, 9.17) is 0 Å². The summed E-state index contributed by atoms with van der Waals surface area (Å²) in [6, 6.07) is 178. The number of hydrogen-bond acceptors (Lipinski definition) is 14. The monoisotopic (exact) mass is 1860 g/mol. The molecule has 0 amide bonds.